The van der Waals surface area contributed by atoms with E-state index >= 15 is 0 Å². The molecule has 2 nitrogen and oxygen atoms in total. The molecule has 1 aromatic rings. The maximum absolute atomic E-state index is 6.01. The van der Waals surface area contributed by atoms with E-state index in [4.69, 9.17) is 9.47 Å². The summed E-state index contributed by atoms with van der Waals surface area (Å²) in [6.45, 7) is 13.2. The summed E-state index contributed by atoms with van der Waals surface area (Å²) >= 11 is 0. The average molecular weight is 304 g/mol. The molecule has 0 aromatic heterocycles. The maximum Gasteiger partial charge on any atom is 0.199 e. The lowest BCUT2D eigenvalue weighted by atomic mass is 9.96. The van der Waals surface area contributed by atoms with E-state index in [0.29, 0.717) is 18.4 Å². The maximum atomic E-state index is 6.01. The van der Waals surface area contributed by atoms with Gasteiger partial charge in [-0.15, -0.1) is 6.58 Å². The fraction of sp³-hybridized carbons (Fsp3) is 0.600. The van der Waals surface area contributed by atoms with Crippen LogP contribution >= 0.6 is 0 Å². The molecule has 0 spiro atoms. The summed E-state index contributed by atoms with van der Waals surface area (Å²) in [5.74, 6) is 2.10. The second-order valence-electron chi connectivity index (χ2n) is 6.10. The van der Waals surface area contributed by atoms with Gasteiger partial charge in [0.05, 0.1) is 0 Å². The van der Waals surface area contributed by atoms with Crippen LogP contribution in [-0.2, 0) is 4.74 Å². The monoisotopic (exact) mass is 304 g/mol. The molecule has 0 bridgehead atoms. The van der Waals surface area contributed by atoms with Crippen LogP contribution < -0.4 is 4.74 Å². The largest absolute Gasteiger partial charge is 0.465 e. The SMILES string of the molecule is C=CCC(CC)CCC(OCC)Oc1ccc(C(C)C)cc1. The van der Waals surface area contributed by atoms with Crippen molar-refractivity contribution in [2.45, 2.75) is 65.6 Å². The van der Waals surface area contributed by atoms with Gasteiger partial charge in [-0.2, -0.15) is 0 Å². The molecule has 0 aliphatic carbocycles. The normalized spacial score (nSPS) is 13.9. The quantitative estimate of drug-likeness (QED) is 0.372. The van der Waals surface area contributed by atoms with Gasteiger partial charge in [-0.1, -0.05) is 45.4 Å². The topological polar surface area (TPSA) is 18.5 Å². The fourth-order valence-corrected chi connectivity index (χ4v) is 2.54. The van der Waals surface area contributed by atoms with Gasteiger partial charge in [0.25, 0.3) is 0 Å². The number of hydrogen-bond donors (Lipinski definition) is 0. The third-order valence-electron chi connectivity index (χ3n) is 4.05. The molecular weight excluding hydrogens is 272 g/mol. The molecule has 1 aromatic carbocycles. The van der Waals surface area contributed by atoms with Crippen LogP contribution in [0.1, 0.15) is 64.9 Å². The Bertz CT molecular complexity index is 408. The molecule has 1 rings (SSSR count). The first-order valence-corrected chi connectivity index (χ1v) is 8.59. The highest BCUT2D eigenvalue weighted by molar-refractivity contribution is 5.28. The minimum absolute atomic E-state index is 0.159. The van der Waals surface area contributed by atoms with Crippen molar-refractivity contribution < 1.29 is 9.47 Å². The predicted octanol–water partition coefficient (Wildman–Crippen LogP) is 5.93. The molecule has 22 heavy (non-hydrogen) atoms. The summed E-state index contributed by atoms with van der Waals surface area (Å²) in [4.78, 5) is 0. The number of benzene rings is 1. The highest BCUT2D eigenvalue weighted by Crippen LogP contribution is 2.23. The smallest absolute Gasteiger partial charge is 0.199 e. The summed E-state index contributed by atoms with van der Waals surface area (Å²) < 4.78 is 11.8. The second-order valence-corrected chi connectivity index (χ2v) is 6.10. The molecule has 0 heterocycles. The van der Waals surface area contributed by atoms with Crippen molar-refractivity contribution in [3.05, 3.63) is 42.5 Å². The van der Waals surface area contributed by atoms with E-state index in [1.807, 2.05) is 25.1 Å². The number of allylic oxidation sites excluding steroid dienone is 1. The second kappa shape index (κ2) is 10.4. The average Bonchev–Trinajstić information content (AvgIpc) is 2.52. The van der Waals surface area contributed by atoms with E-state index in [0.717, 1.165) is 25.0 Å². The van der Waals surface area contributed by atoms with Crippen LogP contribution in [0.25, 0.3) is 0 Å². The van der Waals surface area contributed by atoms with E-state index in [-0.39, 0.29) is 6.29 Å². The van der Waals surface area contributed by atoms with E-state index in [9.17, 15) is 0 Å². The van der Waals surface area contributed by atoms with Gasteiger partial charge in [0.1, 0.15) is 5.75 Å². The molecule has 0 radical (unpaired) electrons. The predicted molar refractivity (Wildman–Crippen MR) is 94.4 cm³/mol. The summed E-state index contributed by atoms with van der Waals surface area (Å²) in [5, 5.41) is 0. The molecule has 124 valence electrons. The van der Waals surface area contributed by atoms with E-state index in [1.165, 1.54) is 12.0 Å². The molecule has 0 aliphatic heterocycles. The molecule has 0 saturated heterocycles. The van der Waals surface area contributed by atoms with Crippen molar-refractivity contribution in [3.63, 3.8) is 0 Å². The van der Waals surface area contributed by atoms with Crippen LogP contribution in [0.4, 0.5) is 0 Å². The van der Waals surface area contributed by atoms with E-state index < -0.39 is 0 Å². The van der Waals surface area contributed by atoms with Gasteiger partial charge in [-0.05, 0) is 49.3 Å². The molecule has 2 atom stereocenters. The Hall–Kier alpha value is -1.28. The highest BCUT2D eigenvalue weighted by Gasteiger charge is 2.14. The molecule has 2 heteroatoms. The Morgan fingerprint density at radius 3 is 2.27 bits per heavy atom. The van der Waals surface area contributed by atoms with Gasteiger partial charge in [0.15, 0.2) is 6.29 Å². The Morgan fingerprint density at radius 2 is 1.77 bits per heavy atom. The summed E-state index contributed by atoms with van der Waals surface area (Å²) in [5.41, 5.74) is 1.33. The summed E-state index contributed by atoms with van der Waals surface area (Å²) in [7, 11) is 0. The van der Waals surface area contributed by atoms with Crippen molar-refractivity contribution in [2.75, 3.05) is 6.61 Å². The zero-order valence-electron chi connectivity index (χ0n) is 14.7. The van der Waals surface area contributed by atoms with E-state index in [2.05, 4.69) is 39.5 Å². The first-order chi connectivity index (χ1) is 10.6. The lowest BCUT2D eigenvalue weighted by Crippen LogP contribution is -2.21. The molecule has 2 unspecified atom stereocenters. The van der Waals surface area contributed by atoms with Crippen LogP contribution in [0.3, 0.4) is 0 Å². The van der Waals surface area contributed by atoms with Crippen LogP contribution in [0, 0.1) is 5.92 Å². The molecule has 0 aliphatic rings. The minimum atomic E-state index is -0.159. The summed E-state index contributed by atoms with van der Waals surface area (Å²) in [6, 6.07) is 8.36. The van der Waals surface area contributed by atoms with Crippen molar-refractivity contribution in [2.24, 2.45) is 5.92 Å². The van der Waals surface area contributed by atoms with Gasteiger partial charge in [0.2, 0.25) is 0 Å². The zero-order chi connectivity index (χ0) is 16.4. The van der Waals surface area contributed by atoms with Crippen molar-refractivity contribution in [1.29, 1.82) is 0 Å². The molecular formula is C20H32O2. The van der Waals surface area contributed by atoms with Crippen molar-refractivity contribution in [1.82, 2.24) is 0 Å². The Morgan fingerprint density at radius 1 is 1.09 bits per heavy atom. The van der Waals surface area contributed by atoms with Gasteiger partial charge >= 0.3 is 0 Å². The van der Waals surface area contributed by atoms with Crippen molar-refractivity contribution in [3.8, 4) is 5.75 Å². The van der Waals surface area contributed by atoms with Gasteiger partial charge in [0, 0.05) is 13.0 Å². The first kappa shape index (κ1) is 18.8. The Kier molecular flexibility index (Phi) is 8.91. The zero-order valence-corrected chi connectivity index (χ0v) is 14.7. The lowest BCUT2D eigenvalue weighted by Gasteiger charge is -2.21. The van der Waals surface area contributed by atoms with Gasteiger partial charge in [-0.3, -0.25) is 0 Å². The van der Waals surface area contributed by atoms with Crippen LogP contribution in [0.5, 0.6) is 5.75 Å². The molecule has 0 fully saturated rings. The summed E-state index contributed by atoms with van der Waals surface area (Å²) in [6.07, 6.45) is 6.12. The van der Waals surface area contributed by atoms with Crippen LogP contribution in [0.15, 0.2) is 36.9 Å². The highest BCUT2D eigenvalue weighted by atomic mass is 16.7. The Balaban J connectivity index is 2.57. The Labute approximate surface area is 136 Å². The number of rotatable bonds is 11. The standard InChI is InChI=1S/C20H32O2/c1-6-9-17(7-2)10-15-20(21-8-3)22-19-13-11-18(12-14-19)16(4)5/h6,11-14,16-17,20H,1,7-10,15H2,2-5H3. The number of hydrogen-bond acceptors (Lipinski definition) is 2. The van der Waals surface area contributed by atoms with E-state index in [1.54, 1.807) is 0 Å². The minimum Gasteiger partial charge on any atom is -0.465 e. The van der Waals surface area contributed by atoms with Gasteiger partial charge in [-0.25, -0.2) is 0 Å². The third kappa shape index (κ3) is 6.65. The van der Waals surface area contributed by atoms with Crippen LogP contribution in [0.2, 0.25) is 0 Å². The molecule has 0 amide bonds. The van der Waals surface area contributed by atoms with Crippen molar-refractivity contribution >= 4 is 0 Å². The van der Waals surface area contributed by atoms with Crippen LogP contribution in [-0.4, -0.2) is 12.9 Å². The van der Waals surface area contributed by atoms with Gasteiger partial charge < -0.3 is 9.47 Å². The first-order valence-electron chi connectivity index (χ1n) is 8.59. The fourth-order valence-electron chi connectivity index (χ4n) is 2.54. The number of ether oxygens (including phenoxy) is 2. The lowest BCUT2D eigenvalue weighted by molar-refractivity contribution is -0.0825. The third-order valence-corrected chi connectivity index (χ3v) is 4.05. The molecule has 0 saturated carbocycles. The molecule has 0 N–H and O–H groups in total.